The number of carboxylic acid groups (broad SMARTS) is 1. The number of amides is 1. The molecule has 1 saturated heterocycles. The molecule has 5 nitrogen and oxygen atoms in total. The third kappa shape index (κ3) is 2.12. The second-order valence-electron chi connectivity index (χ2n) is 4.18. The Hall–Kier alpha value is -1.10. The van der Waals surface area contributed by atoms with Gasteiger partial charge < -0.3 is 14.7 Å². The second-order valence-corrected chi connectivity index (χ2v) is 4.18. The van der Waals surface area contributed by atoms with Gasteiger partial charge in [-0.25, -0.2) is 0 Å². The minimum absolute atomic E-state index is 0.0359. The van der Waals surface area contributed by atoms with E-state index in [9.17, 15) is 9.59 Å². The van der Waals surface area contributed by atoms with Crippen molar-refractivity contribution in [2.45, 2.75) is 31.7 Å². The van der Waals surface area contributed by atoms with Crippen molar-refractivity contribution in [3.63, 3.8) is 0 Å². The van der Waals surface area contributed by atoms with E-state index in [0.717, 1.165) is 12.8 Å². The third-order valence-corrected chi connectivity index (χ3v) is 3.26. The molecule has 0 atom stereocenters. The van der Waals surface area contributed by atoms with Gasteiger partial charge >= 0.3 is 5.97 Å². The van der Waals surface area contributed by atoms with Crippen molar-refractivity contribution >= 4 is 11.9 Å². The van der Waals surface area contributed by atoms with E-state index < -0.39 is 5.97 Å². The van der Waals surface area contributed by atoms with E-state index in [1.807, 2.05) is 0 Å². The molecular weight excluding hydrogens is 198 g/mol. The molecule has 0 aromatic rings. The Morgan fingerprint density at radius 1 is 1.33 bits per heavy atom. The van der Waals surface area contributed by atoms with Gasteiger partial charge in [-0.15, -0.1) is 0 Å². The van der Waals surface area contributed by atoms with Crippen LogP contribution in [0.2, 0.25) is 0 Å². The van der Waals surface area contributed by atoms with Gasteiger partial charge in [-0.3, -0.25) is 9.59 Å². The zero-order valence-corrected chi connectivity index (χ0v) is 8.52. The molecule has 1 aliphatic carbocycles. The smallest absolute Gasteiger partial charge is 0.306 e. The van der Waals surface area contributed by atoms with E-state index >= 15 is 0 Å². The second kappa shape index (κ2) is 4.18. The Balaban J connectivity index is 1.87. The molecule has 0 bridgehead atoms. The molecule has 84 valence electrons. The molecule has 0 unspecified atom stereocenters. The van der Waals surface area contributed by atoms with Crippen LogP contribution < -0.4 is 0 Å². The maximum absolute atomic E-state index is 11.4. The lowest BCUT2D eigenvalue weighted by Gasteiger charge is -2.32. The highest BCUT2D eigenvalue weighted by Crippen LogP contribution is 2.28. The van der Waals surface area contributed by atoms with Crippen LogP contribution in [0.4, 0.5) is 0 Å². The van der Waals surface area contributed by atoms with Crippen LogP contribution >= 0.6 is 0 Å². The predicted molar refractivity (Wildman–Crippen MR) is 51.0 cm³/mol. The Morgan fingerprint density at radius 3 is 2.47 bits per heavy atom. The van der Waals surface area contributed by atoms with Crippen LogP contribution in [0, 0.1) is 5.92 Å². The number of carbonyl (C=O) groups excluding carboxylic acids is 1. The number of carbonyl (C=O) groups is 2. The van der Waals surface area contributed by atoms with Crippen LogP contribution in [-0.4, -0.2) is 41.3 Å². The van der Waals surface area contributed by atoms with E-state index in [4.69, 9.17) is 9.84 Å². The molecule has 2 aliphatic rings. The SMILES string of the molecule is O=C1COCN1[C@H]1CC[C@H](C(=O)O)CC1. The van der Waals surface area contributed by atoms with Gasteiger partial charge in [0.1, 0.15) is 13.3 Å². The number of nitrogens with zero attached hydrogens (tertiary/aromatic N) is 1. The van der Waals surface area contributed by atoms with Crippen molar-refractivity contribution in [2.24, 2.45) is 5.92 Å². The van der Waals surface area contributed by atoms with E-state index in [2.05, 4.69) is 0 Å². The fraction of sp³-hybridized carbons (Fsp3) is 0.800. The Morgan fingerprint density at radius 2 is 2.00 bits per heavy atom. The van der Waals surface area contributed by atoms with E-state index in [-0.39, 0.29) is 24.5 Å². The van der Waals surface area contributed by atoms with Crippen LogP contribution in [-0.2, 0) is 14.3 Å². The minimum atomic E-state index is -0.711. The van der Waals surface area contributed by atoms with Gasteiger partial charge in [-0.1, -0.05) is 0 Å². The van der Waals surface area contributed by atoms with Crippen molar-refractivity contribution in [1.82, 2.24) is 4.90 Å². The van der Waals surface area contributed by atoms with Gasteiger partial charge in [-0.2, -0.15) is 0 Å². The van der Waals surface area contributed by atoms with Crippen LogP contribution in [0.1, 0.15) is 25.7 Å². The van der Waals surface area contributed by atoms with Crippen LogP contribution in [0.25, 0.3) is 0 Å². The fourth-order valence-corrected chi connectivity index (χ4v) is 2.33. The number of aliphatic carboxylic acids is 1. The summed E-state index contributed by atoms with van der Waals surface area (Å²) in [4.78, 5) is 23.8. The van der Waals surface area contributed by atoms with Crippen LogP contribution in [0.15, 0.2) is 0 Å². The molecular formula is C10H15NO4. The number of rotatable bonds is 2. The summed E-state index contributed by atoms with van der Waals surface area (Å²) < 4.78 is 5.06. The summed E-state index contributed by atoms with van der Waals surface area (Å²) >= 11 is 0. The van der Waals surface area contributed by atoms with E-state index in [1.54, 1.807) is 4.90 Å². The summed E-state index contributed by atoms with van der Waals surface area (Å²) in [5.41, 5.74) is 0. The van der Waals surface area contributed by atoms with Gasteiger partial charge in [0.15, 0.2) is 0 Å². The van der Waals surface area contributed by atoms with E-state index in [0.29, 0.717) is 19.6 Å². The molecule has 2 rings (SSSR count). The standard InChI is InChI=1S/C10H15NO4/c12-9-5-15-6-11(9)8-3-1-7(2-4-8)10(13)14/h7-8H,1-6H2,(H,13,14)/t7-,8-. The first-order valence-corrected chi connectivity index (χ1v) is 5.28. The number of hydrogen-bond acceptors (Lipinski definition) is 3. The maximum Gasteiger partial charge on any atom is 0.306 e. The Labute approximate surface area is 88.0 Å². The predicted octanol–water partition coefficient (Wildman–Crippen LogP) is 0.446. The van der Waals surface area contributed by atoms with Gasteiger partial charge in [0.25, 0.3) is 5.91 Å². The number of carboxylic acids is 1. The first-order valence-electron chi connectivity index (χ1n) is 5.28. The summed E-state index contributed by atoms with van der Waals surface area (Å²) in [6, 6.07) is 0.190. The zero-order chi connectivity index (χ0) is 10.8. The van der Waals surface area contributed by atoms with Crippen molar-refractivity contribution in [1.29, 1.82) is 0 Å². The summed E-state index contributed by atoms with van der Waals surface area (Å²) in [5, 5.41) is 8.84. The molecule has 0 spiro atoms. The van der Waals surface area contributed by atoms with Gasteiger partial charge in [0, 0.05) is 6.04 Å². The summed E-state index contributed by atoms with van der Waals surface area (Å²) in [5.74, 6) is -0.897. The van der Waals surface area contributed by atoms with Crippen LogP contribution in [0.5, 0.6) is 0 Å². The highest BCUT2D eigenvalue weighted by molar-refractivity contribution is 5.79. The quantitative estimate of drug-likeness (QED) is 0.723. The molecule has 1 N–H and O–H groups in total. The average Bonchev–Trinajstić information content (AvgIpc) is 2.65. The molecule has 1 aliphatic heterocycles. The van der Waals surface area contributed by atoms with Crippen molar-refractivity contribution < 1.29 is 19.4 Å². The molecule has 1 amide bonds. The zero-order valence-electron chi connectivity index (χ0n) is 8.52. The van der Waals surface area contributed by atoms with Gasteiger partial charge in [0.2, 0.25) is 0 Å². The first-order chi connectivity index (χ1) is 7.18. The normalized spacial score (nSPS) is 32.0. The molecule has 0 aromatic heterocycles. The lowest BCUT2D eigenvalue weighted by molar-refractivity contribution is -0.143. The highest BCUT2D eigenvalue weighted by Gasteiger charge is 2.33. The average molecular weight is 213 g/mol. The first kappa shape index (κ1) is 10.4. The van der Waals surface area contributed by atoms with Crippen LogP contribution in [0.3, 0.4) is 0 Å². The molecule has 0 aromatic carbocycles. The van der Waals surface area contributed by atoms with E-state index in [1.165, 1.54) is 0 Å². The monoisotopic (exact) mass is 213 g/mol. The van der Waals surface area contributed by atoms with Crippen molar-refractivity contribution in [3.05, 3.63) is 0 Å². The van der Waals surface area contributed by atoms with Crippen molar-refractivity contribution in [2.75, 3.05) is 13.3 Å². The molecule has 5 heteroatoms. The summed E-state index contributed by atoms with van der Waals surface area (Å²) in [7, 11) is 0. The lowest BCUT2D eigenvalue weighted by atomic mass is 9.85. The van der Waals surface area contributed by atoms with Gasteiger partial charge in [-0.05, 0) is 25.7 Å². The largest absolute Gasteiger partial charge is 0.481 e. The minimum Gasteiger partial charge on any atom is -0.481 e. The fourth-order valence-electron chi connectivity index (χ4n) is 2.33. The van der Waals surface area contributed by atoms with Gasteiger partial charge in [0.05, 0.1) is 5.92 Å². The molecule has 1 heterocycles. The highest BCUT2D eigenvalue weighted by atomic mass is 16.5. The topological polar surface area (TPSA) is 66.8 Å². The Kier molecular flexibility index (Phi) is 2.90. The molecule has 0 radical (unpaired) electrons. The summed E-state index contributed by atoms with van der Waals surface area (Å²) in [6.07, 6.45) is 2.91. The van der Waals surface area contributed by atoms with Crippen molar-refractivity contribution in [3.8, 4) is 0 Å². The number of ether oxygens (including phenoxy) is 1. The third-order valence-electron chi connectivity index (χ3n) is 3.26. The number of hydrogen-bond donors (Lipinski definition) is 1. The molecule has 1 saturated carbocycles. The maximum atomic E-state index is 11.4. The molecule has 2 fully saturated rings. The Bertz CT molecular complexity index is 271. The lowest BCUT2D eigenvalue weighted by Crippen LogP contribution is -2.40. The molecule has 15 heavy (non-hydrogen) atoms. The summed E-state index contributed by atoms with van der Waals surface area (Å²) in [6.45, 7) is 0.556.